The van der Waals surface area contributed by atoms with Gasteiger partial charge in [-0.15, -0.1) is 0 Å². The van der Waals surface area contributed by atoms with Crippen molar-refractivity contribution in [3.8, 4) is 0 Å². The number of benzene rings is 3. The van der Waals surface area contributed by atoms with E-state index in [1.807, 2.05) is 31.2 Å². The van der Waals surface area contributed by atoms with Crippen LogP contribution in [0.25, 0.3) is 10.9 Å². The van der Waals surface area contributed by atoms with Crippen LogP contribution in [-0.2, 0) is 62.4 Å². The SMILES string of the molecule is CC[C@H](C)[C@H](NC(=O)CN)C(=O)N[C@@H](Cc1c[nH]c2ccccc12)C(=O)NCC(=O)N[C@@H](Cc1ccccc1)C(=O)N[C@H](C(=O)N[C@@H](Cc1ccccc1)C(=O)N[C@H](C(=O)N[C@@H](CC(C)C)C(=O)O)[C@@H](C)O)C(C)C. The number of aliphatic hydroxyl groups is 1. The number of hydrogen-bond donors (Lipinski definition) is 12. The molecule has 0 bridgehead atoms. The Balaban J connectivity index is 1.55. The zero-order valence-electron chi connectivity index (χ0n) is 43.6. The quantitative estimate of drug-likeness (QED) is 0.0361. The van der Waals surface area contributed by atoms with Crippen LogP contribution in [0.1, 0.15) is 78.0 Å². The second-order valence-corrected chi connectivity index (χ2v) is 19.5. The molecule has 9 atom stereocenters. The summed E-state index contributed by atoms with van der Waals surface area (Å²) in [6.45, 7) is 10.7. The van der Waals surface area contributed by atoms with Crippen LogP contribution in [0.4, 0.5) is 0 Å². The van der Waals surface area contributed by atoms with Crippen LogP contribution in [-0.4, -0.2) is 130 Å². The number of para-hydroxylation sites is 1. The number of H-pyrrole nitrogens is 1. The predicted molar refractivity (Wildman–Crippen MR) is 281 cm³/mol. The maximum atomic E-state index is 14.3. The molecular formula is C54H74N10O11. The molecule has 4 aromatic rings. The van der Waals surface area contributed by atoms with Gasteiger partial charge in [0.25, 0.3) is 0 Å². The number of carboxylic acids is 1. The van der Waals surface area contributed by atoms with Gasteiger partial charge in [0.1, 0.15) is 42.3 Å². The van der Waals surface area contributed by atoms with Crippen molar-refractivity contribution in [2.75, 3.05) is 13.1 Å². The molecule has 0 aliphatic rings. The highest BCUT2D eigenvalue weighted by Gasteiger charge is 2.36. The minimum absolute atomic E-state index is 0.00501. The normalized spacial score (nSPS) is 14.9. The number of aromatic nitrogens is 1. The Morgan fingerprint density at radius 2 is 1.04 bits per heavy atom. The minimum atomic E-state index is -1.61. The van der Waals surface area contributed by atoms with E-state index in [1.165, 1.54) is 6.92 Å². The molecule has 0 saturated carbocycles. The molecule has 1 aromatic heterocycles. The zero-order valence-corrected chi connectivity index (χ0v) is 43.6. The summed E-state index contributed by atoms with van der Waals surface area (Å²) in [6.07, 6.45) is 0.672. The number of carbonyl (C=O) groups excluding carboxylic acids is 8. The van der Waals surface area contributed by atoms with Crippen LogP contribution in [0.5, 0.6) is 0 Å². The van der Waals surface area contributed by atoms with Gasteiger partial charge in [-0.25, -0.2) is 4.79 Å². The first-order chi connectivity index (χ1) is 35.6. The second-order valence-electron chi connectivity index (χ2n) is 19.5. The molecule has 75 heavy (non-hydrogen) atoms. The molecule has 1 heterocycles. The lowest BCUT2D eigenvalue weighted by Gasteiger charge is -2.29. The van der Waals surface area contributed by atoms with Crippen LogP contribution >= 0.6 is 0 Å². The fourth-order valence-electron chi connectivity index (χ4n) is 8.24. The number of carboxylic acid groups (broad SMARTS) is 1. The number of rotatable bonds is 29. The number of amides is 8. The third-order valence-electron chi connectivity index (χ3n) is 12.6. The van der Waals surface area contributed by atoms with Gasteiger partial charge in [-0.1, -0.05) is 127 Å². The Bertz CT molecular complexity index is 2570. The summed E-state index contributed by atoms with van der Waals surface area (Å²) in [7, 11) is 0. The van der Waals surface area contributed by atoms with Crippen molar-refractivity contribution in [2.45, 2.75) is 129 Å². The van der Waals surface area contributed by atoms with Crippen molar-refractivity contribution in [2.24, 2.45) is 23.5 Å². The van der Waals surface area contributed by atoms with Crippen molar-refractivity contribution in [1.29, 1.82) is 0 Å². The van der Waals surface area contributed by atoms with Crippen LogP contribution < -0.4 is 48.3 Å². The molecular weight excluding hydrogens is 965 g/mol. The lowest BCUT2D eigenvalue weighted by molar-refractivity contribution is -0.143. The minimum Gasteiger partial charge on any atom is -0.480 e. The first-order valence-electron chi connectivity index (χ1n) is 25.2. The van der Waals surface area contributed by atoms with E-state index in [-0.39, 0.29) is 44.1 Å². The summed E-state index contributed by atoms with van der Waals surface area (Å²) in [4.78, 5) is 125. The van der Waals surface area contributed by atoms with Gasteiger partial charge in [0.15, 0.2) is 0 Å². The molecule has 21 heteroatoms. The van der Waals surface area contributed by atoms with E-state index in [0.717, 1.165) is 10.9 Å². The van der Waals surface area contributed by atoms with Crippen molar-refractivity contribution in [1.82, 2.24) is 47.5 Å². The molecule has 0 spiro atoms. The Morgan fingerprint density at radius 1 is 0.547 bits per heavy atom. The zero-order chi connectivity index (χ0) is 55.4. The average molecular weight is 1040 g/mol. The van der Waals surface area contributed by atoms with E-state index in [0.29, 0.717) is 23.1 Å². The van der Waals surface area contributed by atoms with Gasteiger partial charge in [-0.3, -0.25) is 38.4 Å². The summed E-state index contributed by atoms with van der Waals surface area (Å²) in [5, 5.41) is 42.1. The van der Waals surface area contributed by atoms with E-state index in [4.69, 9.17) is 5.73 Å². The number of aromatic amines is 1. The van der Waals surface area contributed by atoms with Gasteiger partial charge in [0.2, 0.25) is 47.3 Å². The Hall–Kier alpha value is -7.65. The van der Waals surface area contributed by atoms with Gasteiger partial charge in [-0.05, 0) is 53.9 Å². The first-order valence-corrected chi connectivity index (χ1v) is 25.2. The van der Waals surface area contributed by atoms with E-state index in [1.54, 1.807) is 101 Å². The number of fused-ring (bicyclic) bond motifs is 1. The molecule has 3 aromatic carbocycles. The molecule has 0 aliphatic heterocycles. The molecule has 0 fully saturated rings. The lowest BCUT2D eigenvalue weighted by atomic mass is 9.97. The van der Waals surface area contributed by atoms with E-state index in [9.17, 15) is 53.4 Å². The summed E-state index contributed by atoms with van der Waals surface area (Å²) in [6, 6.07) is 15.6. The smallest absolute Gasteiger partial charge is 0.326 e. The lowest BCUT2D eigenvalue weighted by Crippen LogP contribution is -2.62. The molecule has 406 valence electrons. The fraction of sp³-hybridized carbons (Fsp3) is 0.463. The summed E-state index contributed by atoms with van der Waals surface area (Å²) >= 11 is 0. The van der Waals surface area contributed by atoms with Crippen LogP contribution in [0, 0.1) is 17.8 Å². The van der Waals surface area contributed by atoms with E-state index >= 15 is 0 Å². The maximum absolute atomic E-state index is 14.3. The Labute approximate surface area is 437 Å². The summed E-state index contributed by atoms with van der Waals surface area (Å²) in [5.41, 5.74) is 8.27. The van der Waals surface area contributed by atoms with Gasteiger partial charge >= 0.3 is 5.97 Å². The number of hydrogen-bond acceptors (Lipinski definition) is 11. The molecule has 13 N–H and O–H groups in total. The third-order valence-corrected chi connectivity index (χ3v) is 12.6. The largest absolute Gasteiger partial charge is 0.480 e. The average Bonchev–Trinajstić information content (AvgIpc) is 3.79. The van der Waals surface area contributed by atoms with Crippen molar-refractivity contribution < 1.29 is 53.4 Å². The number of nitrogens with two attached hydrogens (primary N) is 1. The fourth-order valence-corrected chi connectivity index (χ4v) is 8.24. The van der Waals surface area contributed by atoms with Gasteiger partial charge in [-0.2, -0.15) is 0 Å². The topological polar surface area (TPSA) is 332 Å². The molecule has 4 rings (SSSR count). The van der Waals surface area contributed by atoms with Crippen molar-refractivity contribution >= 4 is 64.1 Å². The highest BCUT2D eigenvalue weighted by Crippen LogP contribution is 2.20. The van der Waals surface area contributed by atoms with Crippen LogP contribution in [0.3, 0.4) is 0 Å². The Morgan fingerprint density at radius 3 is 1.56 bits per heavy atom. The van der Waals surface area contributed by atoms with Gasteiger partial charge in [0, 0.05) is 36.4 Å². The summed E-state index contributed by atoms with van der Waals surface area (Å²) in [5.74, 6) is -8.47. The first kappa shape index (κ1) is 59.9. The maximum Gasteiger partial charge on any atom is 0.326 e. The van der Waals surface area contributed by atoms with Gasteiger partial charge in [0.05, 0.1) is 19.2 Å². The van der Waals surface area contributed by atoms with Gasteiger partial charge < -0.3 is 63.5 Å². The molecule has 0 saturated heterocycles. The van der Waals surface area contributed by atoms with Crippen molar-refractivity contribution in [3.05, 3.63) is 108 Å². The number of aliphatic carboxylic acids is 1. The molecule has 8 amide bonds. The highest BCUT2D eigenvalue weighted by molar-refractivity contribution is 5.98. The monoisotopic (exact) mass is 1040 g/mol. The molecule has 0 radical (unpaired) electrons. The number of carbonyl (C=O) groups is 9. The Kier molecular flexibility index (Phi) is 23.4. The third kappa shape index (κ3) is 18.7. The highest BCUT2D eigenvalue weighted by atomic mass is 16.4. The standard InChI is InChI=1S/C54H74N10O11/c1-8-32(6)46(62-43(66)27-55)52(72)60-41(26-36-28-56-38-22-16-15-21-37(36)38)48(68)57-29-44(67)58-39(24-34-17-11-9-12-18-34)49(69)63-45(31(4)5)51(71)59-40(25-35-19-13-10-14-20-35)50(70)64-47(33(7)65)53(73)61-42(54(74)75)23-30(2)3/h9-22,28,30-33,39-42,45-47,56,65H,8,23-27,29,55H2,1-7H3,(H,57,68)(H,58,67)(H,59,71)(H,60,72)(H,61,73)(H,62,66)(H,63,69)(H,64,70)(H,74,75)/t32-,33+,39-,40-,41-,42-,45-,46-,47-/m0/s1. The van der Waals surface area contributed by atoms with Crippen LogP contribution in [0.2, 0.25) is 0 Å². The number of aliphatic hydroxyl groups excluding tert-OH is 1. The predicted octanol–water partition coefficient (Wildman–Crippen LogP) is 0.878. The van der Waals surface area contributed by atoms with E-state index < -0.39 is 114 Å². The summed E-state index contributed by atoms with van der Waals surface area (Å²) < 4.78 is 0. The number of nitrogens with one attached hydrogen (secondary N) is 9. The van der Waals surface area contributed by atoms with Crippen LogP contribution in [0.15, 0.2) is 91.1 Å². The second kappa shape index (κ2) is 29.3. The molecule has 0 unspecified atom stereocenters. The molecule has 21 nitrogen and oxygen atoms in total. The van der Waals surface area contributed by atoms with Crippen molar-refractivity contribution in [3.63, 3.8) is 0 Å². The molecule has 0 aliphatic carbocycles. The van der Waals surface area contributed by atoms with E-state index in [2.05, 4.69) is 47.5 Å².